The van der Waals surface area contributed by atoms with Gasteiger partial charge in [0.2, 0.25) is 5.91 Å². The van der Waals surface area contributed by atoms with Crippen molar-refractivity contribution in [2.24, 2.45) is 5.73 Å². The first-order chi connectivity index (χ1) is 12.5. The summed E-state index contributed by atoms with van der Waals surface area (Å²) in [6.07, 6.45) is 0.778. The van der Waals surface area contributed by atoms with E-state index in [0.29, 0.717) is 18.5 Å². The average Bonchev–Trinajstić information content (AvgIpc) is 3.10. The maximum Gasteiger partial charge on any atom is 0.249 e. The number of hydrogen-bond donors (Lipinski definition) is 2. The maximum absolute atomic E-state index is 13.5. The van der Waals surface area contributed by atoms with Gasteiger partial charge in [0.25, 0.3) is 0 Å². The number of carbonyl (C=O) groups excluding carboxylic acids is 1. The normalized spacial score (nSPS) is 20.0. The smallest absolute Gasteiger partial charge is 0.249 e. The van der Waals surface area contributed by atoms with Gasteiger partial charge in [0.15, 0.2) is 0 Å². The second-order valence-electron chi connectivity index (χ2n) is 6.58. The predicted octanol–water partition coefficient (Wildman–Crippen LogP) is 3.92. The lowest BCUT2D eigenvalue weighted by molar-refractivity contribution is -0.132. The van der Waals surface area contributed by atoms with E-state index in [1.165, 1.54) is 12.1 Å². The first kappa shape index (κ1) is 21.6. The highest BCUT2D eigenvalue weighted by Gasteiger charge is 2.32. The Bertz CT molecular complexity index is 786. The molecule has 4 nitrogen and oxygen atoms in total. The van der Waals surface area contributed by atoms with E-state index in [1.807, 2.05) is 31.2 Å². The van der Waals surface area contributed by atoms with E-state index in [4.69, 9.17) is 22.1 Å². The highest BCUT2D eigenvalue weighted by atomic mass is 35.5. The molecule has 1 fully saturated rings. The average molecular weight is 413 g/mol. The standard InChI is InChI=1S/C20H22ClFN2O2.ClH/c1-12-2-4-13(5-3-12)19(16-8-6-14(22)10-17(16)21)24-20(25)18-9-7-15(11-23)26-18;/h2-6,8,10,15,18-19H,7,9,11,23H2,1H3,(H,24,25);1H/t15-,18+,19?;/m1./s1. The topological polar surface area (TPSA) is 64.4 Å². The number of nitrogens with one attached hydrogen (secondary N) is 1. The van der Waals surface area contributed by atoms with E-state index in [1.54, 1.807) is 6.07 Å². The monoisotopic (exact) mass is 412 g/mol. The quantitative estimate of drug-likeness (QED) is 0.781. The van der Waals surface area contributed by atoms with Gasteiger partial charge >= 0.3 is 0 Å². The molecule has 7 heteroatoms. The van der Waals surface area contributed by atoms with Gasteiger partial charge in [0, 0.05) is 11.6 Å². The van der Waals surface area contributed by atoms with Crippen LogP contribution in [0.2, 0.25) is 5.02 Å². The largest absolute Gasteiger partial charge is 0.364 e. The molecule has 0 radical (unpaired) electrons. The van der Waals surface area contributed by atoms with E-state index in [0.717, 1.165) is 17.5 Å². The Hall–Kier alpha value is -1.66. The molecule has 1 aliphatic heterocycles. The Morgan fingerprint density at radius 1 is 1.30 bits per heavy atom. The molecule has 1 unspecified atom stereocenters. The Morgan fingerprint density at radius 2 is 2.00 bits per heavy atom. The third kappa shape index (κ3) is 5.20. The number of halogens is 3. The Kier molecular flexibility index (Phi) is 7.62. The zero-order valence-corrected chi connectivity index (χ0v) is 16.5. The van der Waals surface area contributed by atoms with Gasteiger partial charge in [-0.1, -0.05) is 47.5 Å². The molecule has 0 saturated carbocycles. The summed E-state index contributed by atoms with van der Waals surface area (Å²) in [6, 6.07) is 11.5. The summed E-state index contributed by atoms with van der Waals surface area (Å²) in [6.45, 7) is 2.39. The number of carbonyl (C=O) groups is 1. The van der Waals surface area contributed by atoms with Crippen LogP contribution in [0.3, 0.4) is 0 Å². The molecule has 3 N–H and O–H groups in total. The van der Waals surface area contributed by atoms with Crippen molar-refractivity contribution in [1.29, 1.82) is 0 Å². The lowest BCUT2D eigenvalue weighted by atomic mass is 9.97. The molecular weight excluding hydrogens is 390 g/mol. The molecule has 1 amide bonds. The molecule has 0 aromatic heterocycles. The third-order valence-corrected chi connectivity index (χ3v) is 4.96. The summed E-state index contributed by atoms with van der Waals surface area (Å²) >= 11 is 6.26. The number of nitrogens with two attached hydrogens (primary N) is 1. The zero-order chi connectivity index (χ0) is 18.7. The second kappa shape index (κ2) is 9.51. The van der Waals surface area contributed by atoms with Crippen LogP contribution in [0.5, 0.6) is 0 Å². The molecule has 0 aliphatic carbocycles. The van der Waals surface area contributed by atoms with E-state index in [9.17, 15) is 9.18 Å². The van der Waals surface area contributed by atoms with Crippen molar-refractivity contribution in [1.82, 2.24) is 5.32 Å². The van der Waals surface area contributed by atoms with Crippen molar-refractivity contribution >= 4 is 29.9 Å². The van der Waals surface area contributed by atoms with Crippen LogP contribution in [0.4, 0.5) is 4.39 Å². The van der Waals surface area contributed by atoms with Gasteiger partial charge in [0.1, 0.15) is 11.9 Å². The minimum atomic E-state index is -0.532. The van der Waals surface area contributed by atoms with Gasteiger partial charge < -0.3 is 15.8 Å². The molecule has 2 aromatic carbocycles. The van der Waals surface area contributed by atoms with Crippen LogP contribution in [-0.4, -0.2) is 24.7 Å². The molecule has 27 heavy (non-hydrogen) atoms. The number of hydrogen-bond acceptors (Lipinski definition) is 3. The highest BCUT2D eigenvalue weighted by Crippen LogP contribution is 2.30. The van der Waals surface area contributed by atoms with Crippen molar-refractivity contribution in [3.05, 3.63) is 70.0 Å². The van der Waals surface area contributed by atoms with Gasteiger partial charge in [-0.3, -0.25) is 4.79 Å². The molecule has 1 heterocycles. The molecule has 3 rings (SSSR count). The van der Waals surface area contributed by atoms with Crippen molar-refractivity contribution < 1.29 is 13.9 Å². The number of amides is 1. The van der Waals surface area contributed by atoms with Crippen LogP contribution in [0, 0.1) is 12.7 Å². The minimum absolute atomic E-state index is 0. The molecule has 0 spiro atoms. The summed E-state index contributed by atoms with van der Waals surface area (Å²) in [5.74, 6) is -0.635. The van der Waals surface area contributed by atoms with Crippen molar-refractivity contribution in [2.75, 3.05) is 6.54 Å². The number of aryl methyl sites for hydroxylation is 1. The highest BCUT2D eigenvalue weighted by molar-refractivity contribution is 6.31. The zero-order valence-electron chi connectivity index (χ0n) is 15.0. The van der Waals surface area contributed by atoms with E-state index < -0.39 is 18.0 Å². The number of rotatable bonds is 5. The summed E-state index contributed by atoms with van der Waals surface area (Å²) in [5, 5.41) is 3.27. The molecule has 3 atom stereocenters. The van der Waals surface area contributed by atoms with Crippen molar-refractivity contribution in [3.63, 3.8) is 0 Å². The van der Waals surface area contributed by atoms with Gasteiger partial charge in [-0.25, -0.2) is 4.39 Å². The Labute approximate surface area is 169 Å². The summed E-state index contributed by atoms with van der Waals surface area (Å²) in [4.78, 5) is 12.7. The van der Waals surface area contributed by atoms with Crippen molar-refractivity contribution in [3.8, 4) is 0 Å². The maximum atomic E-state index is 13.5. The fourth-order valence-electron chi connectivity index (χ4n) is 3.14. The summed E-state index contributed by atoms with van der Waals surface area (Å²) < 4.78 is 19.1. The Balaban J connectivity index is 0.00000261. The van der Waals surface area contributed by atoms with E-state index >= 15 is 0 Å². The molecule has 146 valence electrons. The van der Waals surface area contributed by atoms with Gasteiger partial charge in [-0.05, 0) is 43.0 Å². The molecule has 1 aliphatic rings. The van der Waals surface area contributed by atoms with Gasteiger partial charge in [-0.15, -0.1) is 12.4 Å². The first-order valence-electron chi connectivity index (χ1n) is 8.65. The summed E-state index contributed by atoms with van der Waals surface area (Å²) in [5.41, 5.74) is 8.23. The minimum Gasteiger partial charge on any atom is -0.364 e. The SMILES string of the molecule is Cc1ccc(C(NC(=O)[C@@H]2CC[C@H](CN)O2)c2ccc(F)cc2Cl)cc1.Cl. The van der Waals surface area contributed by atoms with Gasteiger partial charge in [0.05, 0.1) is 12.1 Å². The molecule has 2 aromatic rings. The second-order valence-corrected chi connectivity index (χ2v) is 6.99. The van der Waals surface area contributed by atoms with Crippen LogP contribution in [0.25, 0.3) is 0 Å². The lowest BCUT2D eigenvalue weighted by Crippen LogP contribution is -2.38. The molecular formula is C20H23Cl2FN2O2. The fourth-order valence-corrected chi connectivity index (χ4v) is 3.42. The van der Waals surface area contributed by atoms with Crippen LogP contribution >= 0.6 is 24.0 Å². The van der Waals surface area contributed by atoms with Crippen molar-refractivity contribution in [2.45, 2.75) is 38.0 Å². The van der Waals surface area contributed by atoms with Crippen LogP contribution in [0.1, 0.15) is 35.6 Å². The number of ether oxygens (including phenoxy) is 1. The summed E-state index contributed by atoms with van der Waals surface area (Å²) in [7, 11) is 0. The number of benzene rings is 2. The van der Waals surface area contributed by atoms with Crippen LogP contribution in [-0.2, 0) is 9.53 Å². The van der Waals surface area contributed by atoms with E-state index in [2.05, 4.69) is 5.32 Å². The van der Waals surface area contributed by atoms with E-state index in [-0.39, 0.29) is 29.4 Å². The predicted molar refractivity (Wildman–Crippen MR) is 107 cm³/mol. The molecule has 1 saturated heterocycles. The van der Waals surface area contributed by atoms with Gasteiger partial charge in [-0.2, -0.15) is 0 Å². The molecule has 0 bridgehead atoms. The lowest BCUT2D eigenvalue weighted by Gasteiger charge is -2.23. The fraction of sp³-hybridized carbons (Fsp3) is 0.350. The third-order valence-electron chi connectivity index (χ3n) is 4.63. The van der Waals surface area contributed by atoms with Crippen LogP contribution in [0.15, 0.2) is 42.5 Å². The van der Waals surface area contributed by atoms with Crippen LogP contribution < -0.4 is 11.1 Å². The Morgan fingerprint density at radius 3 is 2.59 bits per heavy atom. The first-order valence-corrected chi connectivity index (χ1v) is 9.03.